The van der Waals surface area contributed by atoms with E-state index in [0.717, 1.165) is 6.92 Å². The van der Waals surface area contributed by atoms with Crippen LogP contribution < -0.4 is 5.32 Å². The maximum absolute atomic E-state index is 13.7. The van der Waals surface area contributed by atoms with Gasteiger partial charge in [0.05, 0.1) is 13.0 Å². The number of carbonyl (C=O) groups excluding carboxylic acids is 2. The molecule has 0 radical (unpaired) electrons. The first kappa shape index (κ1) is 32.8. The topological polar surface area (TPSA) is 119 Å². The molecule has 0 aromatic rings. The predicted molar refractivity (Wildman–Crippen MR) is 94.6 cm³/mol. The van der Waals surface area contributed by atoms with Gasteiger partial charge in [0.15, 0.2) is 0 Å². The Morgan fingerprint density at radius 2 is 1.46 bits per heavy atom. The standard InChI is InChI=1S/C16H19F10NO7S/c1-9(2)10(28)34-14(15(22,23)24,11(29)27-7-6-13(19,20)21)33-8-4-3-5-12(17,18)16(25,26)35(30,31)32/h1,3-8H2,2H3,(H,27,29)(H,30,31,32). The zero-order chi connectivity index (χ0) is 28.1. The van der Waals surface area contributed by atoms with Crippen molar-refractivity contribution < 1.29 is 75.9 Å². The highest BCUT2D eigenvalue weighted by Gasteiger charge is 2.67. The van der Waals surface area contributed by atoms with Crippen molar-refractivity contribution in [1.82, 2.24) is 5.32 Å². The lowest BCUT2D eigenvalue weighted by Crippen LogP contribution is -2.61. The summed E-state index contributed by atoms with van der Waals surface area (Å²) in [6, 6.07) is 0. The normalized spacial score (nSPS) is 15.3. The van der Waals surface area contributed by atoms with Crippen LogP contribution in [0.2, 0.25) is 0 Å². The number of rotatable bonds is 13. The van der Waals surface area contributed by atoms with Gasteiger partial charge in [0.1, 0.15) is 0 Å². The van der Waals surface area contributed by atoms with Crippen LogP contribution in [0.4, 0.5) is 43.9 Å². The molecule has 0 fully saturated rings. The summed E-state index contributed by atoms with van der Waals surface area (Å²) in [5, 5.41) is -4.73. The number of alkyl halides is 10. The zero-order valence-corrected chi connectivity index (χ0v) is 18.4. The summed E-state index contributed by atoms with van der Waals surface area (Å²) in [6.45, 7) is 0.964. The van der Waals surface area contributed by atoms with Crippen LogP contribution in [-0.4, -0.2) is 67.3 Å². The van der Waals surface area contributed by atoms with Gasteiger partial charge in [0.2, 0.25) is 0 Å². The second-order valence-electron chi connectivity index (χ2n) is 6.91. The summed E-state index contributed by atoms with van der Waals surface area (Å²) in [5.74, 6) is -14.3. The molecule has 0 aliphatic heterocycles. The third-order valence-electron chi connectivity index (χ3n) is 3.89. The van der Waals surface area contributed by atoms with E-state index in [9.17, 15) is 61.9 Å². The third-order valence-corrected chi connectivity index (χ3v) is 4.84. The average Bonchev–Trinajstić information content (AvgIpc) is 2.63. The fourth-order valence-corrected chi connectivity index (χ4v) is 2.54. The van der Waals surface area contributed by atoms with E-state index in [1.54, 1.807) is 0 Å². The monoisotopic (exact) mass is 559 g/mol. The SMILES string of the molecule is C=C(C)C(=O)OC(OCCCCC(F)(F)C(F)(F)S(=O)(=O)O)(C(=O)NCCC(F)(F)F)C(F)(F)F. The molecule has 0 spiro atoms. The lowest BCUT2D eigenvalue weighted by molar-refractivity contribution is -0.347. The Balaban J connectivity index is 5.62. The Labute approximate surface area is 191 Å². The second-order valence-corrected chi connectivity index (χ2v) is 8.37. The summed E-state index contributed by atoms with van der Waals surface area (Å²) >= 11 is 0. The largest absolute Gasteiger partial charge is 0.466 e. The number of unbranched alkanes of at least 4 members (excludes halogenated alkanes) is 1. The van der Waals surface area contributed by atoms with Crippen molar-refractivity contribution in [2.24, 2.45) is 0 Å². The first-order valence-electron chi connectivity index (χ1n) is 9.08. The van der Waals surface area contributed by atoms with Crippen LogP contribution in [0.5, 0.6) is 0 Å². The summed E-state index contributed by atoms with van der Waals surface area (Å²) < 4.78 is 168. The van der Waals surface area contributed by atoms with Crippen LogP contribution in [-0.2, 0) is 29.2 Å². The van der Waals surface area contributed by atoms with Gasteiger partial charge in [-0.15, -0.1) is 0 Å². The highest BCUT2D eigenvalue weighted by Crippen LogP contribution is 2.42. The molecule has 0 rings (SSSR count). The fourth-order valence-electron chi connectivity index (χ4n) is 2.06. The Morgan fingerprint density at radius 3 is 1.86 bits per heavy atom. The molecule has 1 amide bonds. The number of hydrogen-bond donors (Lipinski definition) is 2. The molecule has 0 bridgehead atoms. The molecule has 0 heterocycles. The minimum absolute atomic E-state index is 0.711. The van der Waals surface area contributed by atoms with Gasteiger partial charge < -0.3 is 14.8 Å². The molecule has 0 aromatic carbocycles. The molecule has 0 aromatic heterocycles. The Bertz CT molecular complexity index is 886. The van der Waals surface area contributed by atoms with Crippen molar-refractivity contribution in [3.63, 3.8) is 0 Å². The highest BCUT2D eigenvalue weighted by atomic mass is 32.2. The first-order chi connectivity index (χ1) is 15.4. The fraction of sp³-hybridized carbons (Fsp3) is 0.750. The molecule has 0 saturated heterocycles. The Morgan fingerprint density at radius 1 is 0.943 bits per heavy atom. The van der Waals surface area contributed by atoms with Crippen molar-refractivity contribution in [2.75, 3.05) is 13.2 Å². The van der Waals surface area contributed by atoms with Gasteiger partial charge in [0.25, 0.3) is 0 Å². The summed E-state index contributed by atoms with van der Waals surface area (Å²) in [6.07, 6.45) is -16.8. The summed E-state index contributed by atoms with van der Waals surface area (Å²) in [7, 11) is -6.56. The van der Waals surface area contributed by atoms with Gasteiger partial charge in [-0.2, -0.15) is 52.3 Å². The molecule has 206 valence electrons. The second kappa shape index (κ2) is 11.3. The molecule has 1 atom stereocenters. The first-order valence-corrected chi connectivity index (χ1v) is 10.5. The van der Waals surface area contributed by atoms with Crippen LogP contribution in [0.3, 0.4) is 0 Å². The number of halogens is 10. The van der Waals surface area contributed by atoms with E-state index in [1.165, 1.54) is 5.32 Å². The van der Waals surface area contributed by atoms with Crippen molar-refractivity contribution in [1.29, 1.82) is 0 Å². The van der Waals surface area contributed by atoms with Gasteiger partial charge >= 0.3 is 51.3 Å². The quantitative estimate of drug-likeness (QED) is 0.0882. The van der Waals surface area contributed by atoms with Crippen LogP contribution >= 0.6 is 0 Å². The molecule has 1 unspecified atom stereocenters. The van der Waals surface area contributed by atoms with E-state index in [-0.39, 0.29) is 0 Å². The van der Waals surface area contributed by atoms with Gasteiger partial charge in [-0.1, -0.05) is 6.58 Å². The number of ether oxygens (including phenoxy) is 2. The molecule has 0 aliphatic rings. The number of nitrogens with one attached hydrogen (secondary N) is 1. The maximum Gasteiger partial charge on any atom is 0.466 e. The maximum atomic E-state index is 13.7. The van der Waals surface area contributed by atoms with Gasteiger partial charge in [0, 0.05) is 18.5 Å². The van der Waals surface area contributed by atoms with E-state index in [0.29, 0.717) is 0 Å². The number of carbonyl (C=O) groups is 2. The van der Waals surface area contributed by atoms with Crippen molar-refractivity contribution in [2.45, 2.75) is 61.9 Å². The molecule has 35 heavy (non-hydrogen) atoms. The lowest BCUT2D eigenvalue weighted by atomic mass is 10.1. The molecule has 2 N–H and O–H groups in total. The predicted octanol–water partition coefficient (Wildman–Crippen LogP) is 3.74. The Kier molecular flexibility index (Phi) is 10.6. The van der Waals surface area contributed by atoms with Crippen LogP contribution in [0, 0.1) is 0 Å². The third kappa shape index (κ3) is 8.78. The minimum Gasteiger partial charge on any atom is -0.412 e. The van der Waals surface area contributed by atoms with E-state index >= 15 is 0 Å². The van der Waals surface area contributed by atoms with E-state index in [4.69, 9.17) is 4.55 Å². The average molecular weight is 559 g/mol. The Hall–Kier alpha value is -2.15. The van der Waals surface area contributed by atoms with Gasteiger partial charge in [-0.05, 0) is 19.8 Å². The number of esters is 1. The molecule has 0 aliphatic carbocycles. The van der Waals surface area contributed by atoms with Crippen molar-refractivity contribution >= 4 is 22.0 Å². The molecular weight excluding hydrogens is 540 g/mol. The van der Waals surface area contributed by atoms with E-state index < -0.39 is 95.7 Å². The van der Waals surface area contributed by atoms with Gasteiger partial charge in [-0.25, -0.2) is 4.79 Å². The molecular formula is C16H19F10NO7S. The molecule has 8 nitrogen and oxygen atoms in total. The van der Waals surface area contributed by atoms with E-state index in [2.05, 4.69) is 16.1 Å². The van der Waals surface area contributed by atoms with E-state index in [1.807, 2.05) is 0 Å². The van der Waals surface area contributed by atoms with Crippen molar-refractivity contribution in [3.05, 3.63) is 12.2 Å². The van der Waals surface area contributed by atoms with Crippen LogP contribution in [0.1, 0.15) is 32.6 Å². The summed E-state index contributed by atoms with van der Waals surface area (Å²) in [5.41, 5.74) is -0.711. The summed E-state index contributed by atoms with van der Waals surface area (Å²) in [4.78, 5) is 23.7. The zero-order valence-electron chi connectivity index (χ0n) is 17.5. The lowest BCUT2D eigenvalue weighted by Gasteiger charge is -2.33. The van der Waals surface area contributed by atoms with Gasteiger partial charge in [-0.3, -0.25) is 9.35 Å². The highest BCUT2D eigenvalue weighted by molar-refractivity contribution is 7.87. The minimum atomic E-state index is -6.56. The smallest absolute Gasteiger partial charge is 0.412 e. The van der Waals surface area contributed by atoms with Crippen molar-refractivity contribution in [3.8, 4) is 0 Å². The number of hydrogen-bond acceptors (Lipinski definition) is 6. The number of amides is 1. The van der Waals surface area contributed by atoms with Crippen LogP contribution in [0.15, 0.2) is 12.2 Å². The molecule has 0 saturated carbocycles. The van der Waals surface area contributed by atoms with Crippen LogP contribution in [0.25, 0.3) is 0 Å². The molecule has 19 heteroatoms.